The number of carboxylic acids is 1. The fraction of sp³-hybridized carbons (Fsp3) is 0.0667. The molecule has 1 heterocycles. The predicted octanol–water partition coefficient (Wildman–Crippen LogP) is 1.54. The highest BCUT2D eigenvalue weighted by molar-refractivity contribution is 5.87. The van der Waals surface area contributed by atoms with Gasteiger partial charge < -0.3 is 5.11 Å². The summed E-state index contributed by atoms with van der Waals surface area (Å²) in [7, 11) is 0. The third-order valence-corrected chi connectivity index (χ3v) is 3.14. The average Bonchev–Trinajstić information content (AvgIpc) is 2.51. The van der Waals surface area contributed by atoms with E-state index in [4.69, 9.17) is 5.11 Å². The van der Waals surface area contributed by atoms with Crippen LogP contribution >= 0.6 is 0 Å². The molecule has 0 aliphatic rings. The molecular formula is C15H11N3O3. The van der Waals surface area contributed by atoms with Crippen molar-refractivity contribution in [2.75, 3.05) is 0 Å². The number of aromatic nitrogens is 3. The number of nitrogens with zero attached hydrogens (tertiary/aromatic N) is 3. The summed E-state index contributed by atoms with van der Waals surface area (Å²) < 4.78 is 1.23. The molecule has 0 bridgehead atoms. The monoisotopic (exact) mass is 281 g/mol. The zero-order valence-electron chi connectivity index (χ0n) is 10.9. The maximum atomic E-state index is 12.3. The Hall–Kier alpha value is -3.02. The van der Waals surface area contributed by atoms with Crippen molar-refractivity contribution >= 4 is 16.9 Å². The van der Waals surface area contributed by atoms with E-state index in [-0.39, 0.29) is 17.7 Å². The van der Waals surface area contributed by atoms with Crippen LogP contribution in [0.4, 0.5) is 0 Å². The molecule has 1 aromatic heterocycles. The molecule has 0 aliphatic heterocycles. The van der Waals surface area contributed by atoms with Gasteiger partial charge in [0, 0.05) is 0 Å². The second-order valence-electron chi connectivity index (χ2n) is 4.57. The molecule has 6 nitrogen and oxygen atoms in total. The Kier molecular flexibility index (Phi) is 3.19. The molecule has 0 spiro atoms. The largest absolute Gasteiger partial charge is 0.478 e. The van der Waals surface area contributed by atoms with Crippen LogP contribution in [0.15, 0.2) is 53.3 Å². The van der Waals surface area contributed by atoms with Crippen LogP contribution in [-0.2, 0) is 6.54 Å². The van der Waals surface area contributed by atoms with Gasteiger partial charge in [-0.1, -0.05) is 29.5 Å². The summed E-state index contributed by atoms with van der Waals surface area (Å²) in [4.78, 5) is 23.2. The van der Waals surface area contributed by atoms with E-state index in [0.29, 0.717) is 16.5 Å². The van der Waals surface area contributed by atoms with Gasteiger partial charge in [-0.15, -0.1) is 5.10 Å². The van der Waals surface area contributed by atoms with Gasteiger partial charge in [-0.25, -0.2) is 9.48 Å². The van der Waals surface area contributed by atoms with Gasteiger partial charge in [0.05, 0.1) is 17.5 Å². The van der Waals surface area contributed by atoms with Crippen LogP contribution in [0.25, 0.3) is 10.9 Å². The van der Waals surface area contributed by atoms with Crippen molar-refractivity contribution in [2.45, 2.75) is 6.54 Å². The number of benzene rings is 2. The fourth-order valence-electron chi connectivity index (χ4n) is 2.10. The molecule has 0 saturated heterocycles. The van der Waals surface area contributed by atoms with Crippen molar-refractivity contribution in [2.24, 2.45) is 0 Å². The number of rotatable bonds is 3. The molecule has 104 valence electrons. The molecule has 3 rings (SSSR count). The van der Waals surface area contributed by atoms with Crippen molar-refractivity contribution in [3.63, 3.8) is 0 Å². The van der Waals surface area contributed by atoms with Crippen LogP contribution < -0.4 is 5.56 Å². The number of aromatic carboxylic acids is 1. The van der Waals surface area contributed by atoms with E-state index in [2.05, 4.69) is 10.3 Å². The first kappa shape index (κ1) is 13.0. The van der Waals surface area contributed by atoms with E-state index in [1.807, 2.05) is 0 Å². The van der Waals surface area contributed by atoms with Gasteiger partial charge in [-0.3, -0.25) is 4.79 Å². The number of hydrogen-bond donors (Lipinski definition) is 1. The normalized spacial score (nSPS) is 10.7. The molecule has 0 fully saturated rings. The summed E-state index contributed by atoms with van der Waals surface area (Å²) in [5.41, 5.74) is 1.15. The number of carbonyl (C=O) groups is 1. The minimum absolute atomic E-state index is 0.175. The van der Waals surface area contributed by atoms with Crippen molar-refractivity contribution in [3.05, 3.63) is 70.0 Å². The van der Waals surface area contributed by atoms with Crippen LogP contribution in [0.3, 0.4) is 0 Å². The summed E-state index contributed by atoms with van der Waals surface area (Å²) in [5.74, 6) is -1.01. The maximum Gasteiger partial charge on any atom is 0.335 e. The van der Waals surface area contributed by atoms with E-state index in [1.165, 1.54) is 16.8 Å². The Balaban J connectivity index is 2.02. The summed E-state index contributed by atoms with van der Waals surface area (Å²) in [6.45, 7) is 0.178. The van der Waals surface area contributed by atoms with Crippen LogP contribution in [-0.4, -0.2) is 26.1 Å². The third-order valence-electron chi connectivity index (χ3n) is 3.14. The molecule has 0 saturated carbocycles. The van der Waals surface area contributed by atoms with Crippen LogP contribution in [0, 0.1) is 0 Å². The molecule has 1 N–H and O–H groups in total. The first-order valence-corrected chi connectivity index (χ1v) is 6.30. The fourth-order valence-corrected chi connectivity index (χ4v) is 2.10. The second kappa shape index (κ2) is 5.16. The molecule has 2 aromatic carbocycles. The zero-order valence-corrected chi connectivity index (χ0v) is 10.9. The van der Waals surface area contributed by atoms with E-state index in [1.54, 1.807) is 36.4 Å². The minimum Gasteiger partial charge on any atom is -0.478 e. The van der Waals surface area contributed by atoms with Gasteiger partial charge in [0.25, 0.3) is 5.56 Å². The standard InChI is InChI=1S/C15H11N3O3/c19-14-12-6-1-2-7-13(12)16-17-18(14)9-10-4-3-5-11(8-10)15(20)21/h1-8H,9H2,(H,20,21). The van der Waals surface area contributed by atoms with Crippen LogP contribution in [0.2, 0.25) is 0 Å². The first-order valence-electron chi connectivity index (χ1n) is 6.30. The highest BCUT2D eigenvalue weighted by Gasteiger charge is 2.07. The van der Waals surface area contributed by atoms with E-state index in [9.17, 15) is 9.59 Å². The number of hydrogen-bond acceptors (Lipinski definition) is 4. The molecule has 0 unspecified atom stereocenters. The Bertz CT molecular complexity index is 886. The van der Waals surface area contributed by atoms with E-state index >= 15 is 0 Å². The Morgan fingerprint density at radius 3 is 2.76 bits per heavy atom. The SMILES string of the molecule is O=C(O)c1cccc(Cn2nnc3ccccc3c2=O)c1. The van der Waals surface area contributed by atoms with Crippen LogP contribution in [0.1, 0.15) is 15.9 Å². The summed E-state index contributed by atoms with van der Waals surface area (Å²) in [6, 6.07) is 13.4. The lowest BCUT2D eigenvalue weighted by molar-refractivity contribution is 0.0696. The highest BCUT2D eigenvalue weighted by Crippen LogP contribution is 2.08. The van der Waals surface area contributed by atoms with Gasteiger partial charge in [0.15, 0.2) is 0 Å². The molecule has 3 aromatic rings. The second-order valence-corrected chi connectivity index (χ2v) is 4.57. The third kappa shape index (κ3) is 2.51. The van der Waals surface area contributed by atoms with Gasteiger partial charge in [-0.2, -0.15) is 0 Å². The van der Waals surface area contributed by atoms with Crippen molar-refractivity contribution < 1.29 is 9.90 Å². The minimum atomic E-state index is -1.01. The Morgan fingerprint density at radius 1 is 1.14 bits per heavy atom. The molecule has 0 radical (unpaired) electrons. The van der Waals surface area contributed by atoms with Gasteiger partial charge in [0.2, 0.25) is 0 Å². The molecular weight excluding hydrogens is 270 g/mol. The molecule has 6 heteroatoms. The predicted molar refractivity (Wildman–Crippen MR) is 76.3 cm³/mol. The topological polar surface area (TPSA) is 85.1 Å². The van der Waals surface area contributed by atoms with Crippen molar-refractivity contribution in [3.8, 4) is 0 Å². The summed E-state index contributed by atoms with van der Waals surface area (Å²) >= 11 is 0. The lowest BCUT2D eigenvalue weighted by atomic mass is 10.1. The quantitative estimate of drug-likeness (QED) is 0.787. The van der Waals surface area contributed by atoms with Gasteiger partial charge >= 0.3 is 5.97 Å². The lowest BCUT2D eigenvalue weighted by Gasteiger charge is -2.05. The number of carboxylic acid groups (broad SMARTS) is 1. The summed E-state index contributed by atoms with van der Waals surface area (Å²) in [6.07, 6.45) is 0. The maximum absolute atomic E-state index is 12.3. The molecule has 21 heavy (non-hydrogen) atoms. The smallest absolute Gasteiger partial charge is 0.335 e. The van der Waals surface area contributed by atoms with Crippen molar-refractivity contribution in [1.29, 1.82) is 0 Å². The summed E-state index contributed by atoms with van der Waals surface area (Å²) in [5, 5.41) is 17.3. The lowest BCUT2D eigenvalue weighted by Crippen LogP contribution is -2.24. The highest BCUT2D eigenvalue weighted by atomic mass is 16.4. The van der Waals surface area contributed by atoms with Gasteiger partial charge in [-0.05, 0) is 29.8 Å². The van der Waals surface area contributed by atoms with E-state index < -0.39 is 5.97 Å². The zero-order chi connectivity index (χ0) is 14.8. The van der Waals surface area contributed by atoms with E-state index in [0.717, 1.165) is 0 Å². The number of fused-ring (bicyclic) bond motifs is 1. The van der Waals surface area contributed by atoms with Crippen LogP contribution in [0.5, 0.6) is 0 Å². The Labute approximate surface area is 119 Å². The molecule has 0 atom stereocenters. The average molecular weight is 281 g/mol. The molecule has 0 aliphatic carbocycles. The Morgan fingerprint density at radius 2 is 1.95 bits per heavy atom. The van der Waals surface area contributed by atoms with Crippen molar-refractivity contribution in [1.82, 2.24) is 15.0 Å². The van der Waals surface area contributed by atoms with Gasteiger partial charge in [0.1, 0.15) is 5.52 Å². The molecule has 0 amide bonds. The first-order chi connectivity index (χ1) is 10.1.